The van der Waals surface area contributed by atoms with Gasteiger partial charge in [-0.15, -0.1) is 0 Å². The summed E-state index contributed by atoms with van der Waals surface area (Å²) in [5.41, 5.74) is 2.44. The van der Waals surface area contributed by atoms with Crippen LogP contribution in [0.25, 0.3) is 16.8 Å². The van der Waals surface area contributed by atoms with Gasteiger partial charge in [0.05, 0.1) is 35.6 Å². The summed E-state index contributed by atoms with van der Waals surface area (Å²) in [4.78, 5) is 32.0. The second-order valence-electron chi connectivity index (χ2n) is 8.14. The Balaban J connectivity index is 1.74. The van der Waals surface area contributed by atoms with E-state index in [4.69, 9.17) is 9.47 Å². The van der Waals surface area contributed by atoms with Crippen molar-refractivity contribution >= 4 is 34.2 Å². The van der Waals surface area contributed by atoms with Crippen LogP contribution in [-0.2, 0) is 9.53 Å². The van der Waals surface area contributed by atoms with Crippen molar-refractivity contribution in [2.75, 3.05) is 13.7 Å². The van der Waals surface area contributed by atoms with Crippen molar-refractivity contribution in [1.29, 1.82) is 0 Å². The van der Waals surface area contributed by atoms with Crippen molar-refractivity contribution in [3.05, 3.63) is 109 Å². The second-order valence-corrected chi connectivity index (χ2v) is 9.15. The van der Waals surface area contributed by atoms with Crippen molar-refractivity contribution in [3.8, 4) is 5.75 Å². The Morgan fingerprint density at radius 2 is 1.83 bits per heavy atom. The van der Waals surface area contributed by atoms with Crippen LogP contribution in [0, 0.1) is 0 Å². The van der Waals surface area contributed by atoms with Gasteiger partial charge < -0.3 is 9.47 Å². The highest BCUT2D eigenvalue weighted by Crippen LogP contribution is 2.31. The molecule has 4 aromatic rings. The third-order valence-corrected chi connectivity index (χ3v) is 7.04. The highest BCUT2D eigenvalue weighted by Gasteiger charge is 2.33. The van der Waals surface area contributed by atoms with E-state index < -0.39 is 12.0 Å². The Kier molecular flexibility index (Phi) is 6.09. The molecule has 1 atom stereocenters. The molecule has 1 aliphatic heterocycles. The molecule has 0 fully saturated rings. The summed E-state index contributed by atoms with van der Waals surface area (Å²) in [6.45, 7) is 3.77. The Morgan fingerprint density at radius 1 is 1.09 bits per heavy atom. The van der Waals surface area contributed by atoms with Gasteiger partial charge in [-0.25, -0.2) is 9.79 Å². The van der Waals surface area contributed by atoms with E-state index >= 15 is 0 Å². The maximum absolute atomic E-state index is 13.8. The first-order valence-electron chi connectivity index (χ1n) is 11.3. The first-order valence-corrected chi connectivity index (χ1v) is 12.1. The van der Waals surface area contributed by atoms with Gasteiger partial charge in [0.25, 0.3) is 5.56 Å². The lowest BCUT2D eigenvalue weighted by atomic mass is 9.96. The smallest absolute Gasteiger partial charge is 0.338 e. The number of hydrogen-bond acceptors (Lipinski definition) is 6. The van der Waals surface area contributed by atoms with E-state index in [1.165, 1.54) is 11.3 Å². The fraction of sp³-hybridized carbons (Fsp3) is 0.179. The lowest BCUT2D eigenvalue weighted by Gasteiger charge is -2.24. The predicted octanol–water partition coefficient (Wildman–Crippen LogP) is 3.96. The quantitative estimate of drug-likeness (QED) is 0.402. The van der Waals surface area contributed by atoms with Crippen molar-refractivity contribution in [3.63, 3.8) is 0 Å². The normalized spacial score (nSPS) is 15.6. The lowest BCUT2D eigenvalue weighted by molar-refractivity contribution is -0.139. The third kappa shape index (κ3) is 4.08. The van der Waals surface area contributed by atoms with Crippen LogP contribution in [0.4, 0.5) is 0 Å². The number of carbonyl (C=O) groups is 1. The molecule has 0 amide bonds. The van der Waals surface area contributed by atoms with E-state index in [-0.39, 0.29) is 12.2 Å². The number of aromatic nitrogens is 1. The van der Waals surface area contributed by atoms with Gasteiger partial charge in [-0.1, -0.05) is 65.9 Å². The molecular formula is C28H24N2O4S. The number of esters is 1. The minimum absolute atomic E-state index is 0.197. The average molecular weight is 485 g/mol. The Hall–Kier alpha value is -3.97. The maximum Gasteiger partial charge on any atom is 0.338 e. The Bertz CT molecular complexity index is 1640. The number of rotatable bonds is 5. The fourth-order valence-corrected chi connectivity index (χ4v) is 5.45. The van der Waals surface area contributed by atoms with E-state index in [1.807, 2.05) is 72.8 Å². The molecule has 7 heteroatoms. The van der Waals surface area contributed by atoms with E-state index in [0.717, 1.165) is 21.9 Å². The topological polar surface area (TPSA) is 69.9 Å². The summed E-state index contributed by atoms with van der Waals surface area (Å²) in [6.07, 6.45) is 1.90. The van der Waals surface area contributed by atoms with Crippen LogP contribution in [-0.4, -0.2) is 24.3 Å². The molecule has 2 heterocycles. The van der Waals surface area contributed by atoms with Crippen LogP contribution in [0.2, 0.25) is 0 Å². The van der Waals surface area contributed by atoms with E-state index in [9.17, 15) is 9.59 Å². The lowest BCUT2D eigenvalue weighted by Crippen LogP contribution is -2.39. The molecule has 6 nitrogen and oxygen atoms in total. The second kappa shape index (κ2) is 9.35. The molecular weight excluding hydrogens is 460 g/mol. The van der Waals surface area contributed by atoms with Gasteiger partial charge in [-0.3, -0.25) is 9.36 Å². The Morgan fingerprint density at radius 3 is 2.57 bits per heavy atom. The largest absolute Gasteiger partial charge is 0.497 e. The number of allylic oxidation sites excluding steroid dienone is 1. The molecule has 0 N–H and O–H groups in total. The molecule has 0 bridgehead atoms. The predicted molar refractivity (Wildman–Crippen MR) is 137 cm³/mol. The number of ether oxygens (including phenoxy) is 2. The zero-order chi connectivity index (χ0) is 24.5. The first-order chi connectivity index (χ1) is 17.0. The van der Waals surface area contributed by atoms with Gasteiger partial charge in [-0.05, 0) is 54.0 Å². The van der Waals surface area contributed by atoms with Crippen molar-refractivity contribution in [2.24, 2.45) is 4.99 Å². The van der Waals surface area contributed by atoms with Crippen LogP contribution in [0.3, 0.4) is 0 Å². The third-order valence-electron chi connectivity index (χ3n) is 6.06. The minimum atomic E-state index is -0.647. The summed E-state index contributed by atoms with van der Waals surface area (Å²) < 4.78 is 12.8. The van der Waals surface area contributed by atoms with E-state index in [0.29, 0.717) is 26.4 Å². The number of methoxy groups -OCH3 is 1. The number of nitrogens with zero attached hydrogens (tertiary/aromatic N) is 2. The number of benzene rings is 3. The minimum Gasteiger partial charge on any atom is -0.497 e. The molecule has 0 spiro atoms. The van der Waals surface area contributed by atoms with Crippen molar-refractivity contribution < 1.29 is 14.3 Å². The Labute approximate surface area is 206 Å². The zero-order valence-electron chi connectivity index (χ0n) is 19.6. The SMILES string of the molecule is CCOC(=O)C1=C(C)N=c2sc(=Cc3cccc4ccccc34)c(=O)n2C1c1ccc(OC)cc1. The number of carbonyl (C=O) groups excluding carboxylic acids is 1. The average Bonchev–Trinajstić information content (AvgIpc) is 3.18. The van der Waals surface area contributed by atoms with E-state index in [1.54, 1.807) is 25.5 Å². The van der Waals surface area contributed by atoms with Crippen LogP contribution >= 0.6 is 11.3 Å². The van der Waals surface area contributed by atoms with Gasteiger partial charge >= 0.3 is 5.97 Å². The molecule has 0 saturated heterocycles. The van der Waals surface area contributed by atoms with Crippen LogP contribution in [0.5, 0.6) is 5.75 Å². The van der Waals surface area contributed by atoms with Gasteiger partial charge in [-0.2, -0.15) is 0 Å². The van der Waals surface area contributed by atoms with Crippen molar-refractivity contribution in [1.82, 2.24) is 4.57 Å². The summed E-state index contributed by atoms with van der Waals surface area (Å²) >= 11 is 1.32. The fourth-order valence-electron chi connectivity index (χ4n) is 4.41. The summed E-state index contributed by atoms with van der Waals surface area (Å²) in [5.74, 6) is 0.216. The monoisotopic (exact) mass is 484 g/mol. The van der Waals surface area contributed by atoms with Gasteiger partial charge in [0.2, 0.25) is 0 Å². The number of thiazole rings is 1. The standard InChI is InChI=1S/C28H24N2O4S/c1-4-34-27(32)24-17(2)29-28-30(25(24)19-12-14-21(33-3)15-13-19)26(31)23(35-28)16-20-10-7-9-18-8-5-6-11-22(18)20/h5-16,25H,4H2,1-3H3. The first kappa shape index (κ1) is 22.8. The number of hydrogen-bond donors (Lipinski definition) is 0. The zero-order valence-corrected chi connectivity index (χ0v) is 20.5. The van der Waals surface area contributed by atoms with Gasteiger partial charge in [0.15, 0.2) is 4.80 Å². The molecule has 176 valence electrons. The highest BCUT2D eigenvalue weighted by atomic mass is 32.1. The molecule has 1 unspecified atom stereocenters. The molecule has 0 radical (unpaired) electrons. The molecule has 5 rings (SSSR count). The van der Waals surface area contributed by atoms with Crippen LogP contribution < -0.4 is 19.6 Å². The summed E-state index contributed by atoms with van der Waals surface area (Å²) in [7, 11) is 1.60. The molecule has 1 aromatic heterocycles. The number of fused-ring (bicyclic) bond motifs is 2. The van der Waals surface area contributed by atoms with Gasteiger partial charge in [0, 0.05) is 0 Å². The molecule has 3 aromatic carbocycles. The summed E-state index contributed by atoms with van der Waals surface area (Å²) in [5, 5.41) is 2.17. The molecule has 0 aliphatic carbocycles. The van der Waals surface area contributed by atoms with Crippen molar-refractivity contribution in [2.45, 2.75) is 19.9 Å². The maximum atomic E-state index is 13.8. The van der Waals surface area contributed by atoms with Gasteiger partial charge in [0.1, 0.15) is 5.75 Å². The van der Waals surface area contributed by atoms with Crippen LogP contribution in [0.15, 0.2) is 87.8 Å². The summed E-state index contributed by atoms with van der Waals surface area (Å²) in [6, 6.07) is 20.8. The molecule has 35 heavy (non-hydrogen) atoms. The van der Waals surface area contributed by atoms with Crippen LogP contribution in [0.1, 0.15) is 31.0 Å². The molecule has 0 saturated carbocycles. The van der Waals surface area contributed by atoms with E-state index in [2.05, 4.69) is 4.99 Å². The molecule has 1 aliphatic rings. The highest BCUT2D eigenvalue weighted by molar-refractivity contribution is 7.07.